The zero-order valence-corrected chi connectivity index (χ0v) is 17.9. The normalized spacial score (nSPS) is 14.0. The van der Waals surface area contributed by atoms with E-state index in [2.05, 4.69) is 47.9 Å². The van der Waals surface area contributed by atoms with Gasteiger partial charge >= 0.3 is 0 Å². The fourth-order valence-corrected chi connectivity index (χ4v) is 3.29. The van der Waals surface area contributed by atoms with E-state index >= 15 is 0 Å². The van der Waals surface area contributed by atoms with Gasteiger partial charge in [0, 0.05) is 18.3 Å². The van der Waals surface area contributed by atoms with Crippen molar-refractivity contribution < 1.29 is 0 Å². The Bertz CT molecular complexity index is 356. The van der Waals surface area contributed by atoms with Gasteiger partial charge in [0.1, 0.15) is 0 Å². The number of unbranched alkanes of at least 4 members (excludes halogenated alkanes) is 2. The quantitative estimate of drug-likeness (QED) is 0.161. The number of rotatable bonds is 19. The summed E-state index contributed by atoms with van der Waals surface area (Å²) >= 11 is 0. The van der Waals surface area contributed by atoms with Crippen LogP contribution in [0.2, 0.25) is 0 Å². The molecule has 0 amide bonds. The molecule has 0 fully saturated rings. The van der Waals surface area contributed by atoms with Crippen molar-refractivity contribution >= 4 is 6.21 Å². The molecule has 0 bridgehead atoms. The third kappa shape index (κ3) is 13.5. The highest BCUT2D eigenvalue weighted by atomic mass is 15.0. The molecule has 5 heteroatoms. The highest BCUT2D eigenvalue weighted by Gasteiger charge is 2.28. The monoisotopic (exact) mass is 367 g/mol. The first kappa shape index (κ1) is 25.2. The first-order chi connectivity index (χ1) is 12.6. The summed E-state index contributed by atoms with van der Waals surface area (Å²) in [6, 6.07) is 0. The lowest BCUT2D eigenvalue weighted by molar-refractivity contribution is 0.300. The summed E-state index contributed by atoms with van der Waals surface area (Å²) in [7, 11) is 4.03. The fourth-order valence-electron chi connectivity index (χ4n) is 3.29. The number of nitrogens with one attached hydrogen (secondary N) is 4. The summed E-state index contributed by atoms with van der Waals surface area (Å²) in [6.45, 7) is 14.6. The Hall–Kier alpha value is -0.750. The molecule has 1 unspecified atom stereocenters. The molecule has 1 atom stereocenters. The van der Waals surface area contributed by atoms with E-state index in [1.807, 2.05) is 14.1 Å². The molecule has 0 rings (SSSR count). The van der Waals surface area contributed by atoms with E-state index in [4.69, 9.17) is 4.99 Å². The third-order valence-electron chi connectivity index (χ3n) is 4.67. The Morgan fingerprint density at radius 3 is 2.42 bits per heavy atom. The number of nitrogens with zero attached hydrogens (tertiary/aromatic N) is 1. The maximum atomic E-state index is 4.79. The second kappa shape index (κ2) is 17.7. The molecule has 0 saturated heterocycles. The van der Waals surface area contributed by atoms with Gasteiger partial charge in [0.15, 0.2) is 0 Å². The van der Waals surface area contributed by atoms with E-state index in [1.54, 1.807) is 0 Å². The third-order valence-corrected chi connectivity index (χ3v) is 4.67. The minimum atomic E-state index is 0.0495. The standard InChI is InChI=1S/C21H45N5/c1-6-24-15-11-16-25-19-21(26-7-2,13-9-8-10-14-22-4)18-20(3)12-17-23-5/h16,22-24,26H,3,6-15,17-19H2,1-2,4-5H3. The molecule has 0 radical (unpaired) electrons. The molecule has 5 nitrogen and oxygen atoms in total. The van der Waals surface area contributed by atoms with E-state index in [0.717, 1.165) is 65.0 Å². The van der Waals surface area contributed by atoms with Crippen molar-refractivity contribution in [2.45, 2.75) is 64.3 Å². The summed E-state index contributed by atoms with van der Waals surface area (Å²) in [4.78, 5) is 4.79. The predicted molar refractivity (Wildman–Crippen MR) is 118 cm³/mol. The van der Waals surface area contributed by atoms with E-state index in [9.17, 15) is 0 Å². The summed E-state index contributed by atoms with van der Waals surface area (Å²) in [5, 5.41) is 13.6. The van der Waals surface area contributed by atoms with Crippen molar-refractivity contribution in [3.05, 3.63) is 12.2 Å². The zero-order chi connectivity index (χ0) is 19.5. The van der Waals surface area contributed by atoms with Crippen molar-refractivity contribution in [1.82, 2.24) is 21.3 Å². The second-order valence-corrected chi connectivity index (χ2v) is 7.17. The fraction of sp³-hybridized carbons (Fsp3) is 0.857. The van der Waals surface area contributed by atoms with Crippen LogP contribution in [-0.2, 0) is 0 Å². The lowest BCUT2D eigenvalue weighted by Crippen LogP contribution is -2.48. The molecule has 0 aromatic heterocycles. The molecule has 0 aliphatic carbocycles. The number of hydrogen-bond acceptors (Lipinski definition) is 5. The summed E-state index contributed by atoms with van der Waals surface area (Å²) < 4.78 is 0. The number of hydrogen-bond donors (Lipinski definition) is 4. The molecule has 0 aromatic rings. The average Bonchev–Trinajstić information content (AvgIpc) is 2.63. The molecule has 0 spiro atoms. The van der Waals surface area contributed by atoms with Crippen LogP contribution in [0.4, 0.5) is 0 Å². The van der Waals surface area contributed by atoms with E-state index in [1.165, 1.54) is 24.8 Å². The molecular formula is C21H45N5. The second-order valence-electron chi connectivity index (χ2n) is 7.17. The van der Waals surface area contributed by atoms with Gasteiger partial charge in [-0.25, -0.2) is 0 Å². The van der Waals surface area contributed by atoms with Crippen LogP contribution in [0.5, 0.6) is 0 Å². The minimum Gasteiger partial charge on any atom is -0.320 e. The van der Waals surface area contributed by atoms with Crippen LogP contribution in [0, 0.1) is 0 Å². The Morgan fingerprint density at radius 2 is 1.77 bits per heavy atom. The lowest BCUT2D eigenvalue weighted by atomic mass is 9.84. The van der Waals surface area contributed by atoms with Crippen LogP contribution in [-0.4, -0.2) is 65.1 Å². The van der Waals surface area contributed by atoms with Crippen LogP contribution in [0.25, 0.3) is 0 Å². The largest absolute Gasteiger partial charge is 0.320 e. The van der Waals surface area contributed by atoms with Crippen molar-refractivity contribution in [2.75, 3.05) is 53.4 Å². The first-order valence-electron chi connectivity index (χ1n) is 10.5. The van der Waals surface area contributed by atoms with Gasteiger partial charge in [0.25, 0.3) is 0 Å². The van der Waals surface area contributed by atoms with Crippen molar-refractivity contribution in [3.8, 4) is 0 Å². The maximum absolute atomic E-state index is 4.79. The topological polar surface area (TPSA) is 60.5 Å². The van der Waals surface area contributed by atoms with E-state index in [0.29, 0.717) is 0 Å². The lowest BCUT2D eigenvalue weighted by Gasteiger charge is -2.34. The first-order valence-corrected chi connectivity index (χ1v) is 10.5. The Labute approximate surface area is 162 Å². The SMILES string of the molecule is C=C(CCNC)CC(CCCCCNC)(CN=CCCNCC)NCC. The minimum absolute atomic E-state index is 0.0495. The van der Waals surface area contributed by atoms with E-state index < -0.39 is 0 Å². The van der Waals surface area contributed by atoms with Gasteiger partial charge < -0.3 is 21.3 Å². The molecule has 26 heavy (non-hydrogen) atoms. The van der Waals surface area contributed by atoms with Crippen LogP contribution in [0.15, 0.2) is 17.1 Å². The van der Waals surface area contributed by atoms with Gasteiger partial charge in [0.2, 0.25) is 0 Å². The Kier molecular flexibility index (Phi) is 17.1. The van der Waals surface area contributed by atoms with Crippen LogP contribution in [0.1, 0.15) is 58.8 Å². The van der Waals surface area contributed by atoms with Gasteiger partial charge in [0.05, 0.1) is 6.54 Å². The van der Waals surface area contributed by atoms with Gasteiger partial charge in [-0.05, 0) is 72.4 Å². The Balaban J connectivity index is 4.76. The molecule has 0 aliphatic rings. The average molecular weight is 368 g/mol. The zero-order valence-electron chi connectivity index (χ0n) is 17.9. The van der Waals surface area contributed by atoms with Crippen LogP contribution >= 0.6 is 0 Å². The predicted octanol–water partition coefficient (Wildman–Crippen LogP) is 2.74. The molecule has 0 aliphatic heterocycles. The van der Waals surface area contributed by atoms with Gasteiger partial charge in [-0.15, -0.1) is 0 Å². The Morgan fingerprint density at radius 1 is 1.00 bits per heavy atom. The van der Waals surface area contributed by atoms with Crippen molar-refractivity contribution in [1.29, 1.82) is 0 Å². The molecule has 0 heterocycles. The van der Waals surface area contributed by atoms with Crippen LogP contribution < -0.4 is 21.3 Å². The van der Waals surface area contributed by atoms with Crippen LogP contribution in [0.3, 0.4) is 0 Å². The molecule has 0 aromatic carbocycles. The van der Waals surface area contributed by atoms with E-state index in [-0.39, 0.29) is 5.54 Å². The molecule has 4 N–H and O–H groups in total. The molecule has 0 saturated carbocycles. The smallest absolute Gasteiger partial charge is 0.0570 e. The van der Waals surface area contributed by atoms with Gasteiger partial charge in [-0.1, -0.05) is 38.8 Å². The number of likely N-dealkylation sites (N-methyl/N-ethyl adjacent to an activating group) is 1. The van der Waals surface area contributed by atoms with Gasteiger partial charge in [-0.2, -0.15) is 0 Å². The van der Waals surface area contributed by atoms with Gasteiger partial charge in [-0.3, -0.25) is 4.99 Å². The number of aliphatic imine (C=N–C) groups is 1. The maximum Gasteiger partial charge on any atom is 0.0570 e. The molecule has 154 valence electrons. The summed E-state index contributed by atoms with van der Waals surface area (Å²) in [5.41, 5.74) is 1.37. The molecular weight excluding hydrogens is 322 g/mol. The van der Waals surface area contributed by atoms with Crippen molar-refractivity contribution in [3.63, 3.8) is 0 Å². The summed E-state index contributed by atoms with van der Waals surface area (Å²) in [6.07, 6.45) is 10.0. The highest BCUT2D eigenvalue weighted by molar-refractivity contribution is 5.57. The summed E-state index contributed by atoms with van der Waals surface area (Å²) in [5.74, 6) is 0. The highest BCUT2D eigenvalue weighted by Crippen LogP contribution is 2.25. The van der Waals surface area contributed by atoms with Crippen molar-refractivity contribution in [2.24, 2.45) is 4.99 Å².